The van der Waals surface area contributed by atoms with Crippen LogP contribution in [0, 0.1) is 15.9 Å². The number of amides is 1. The van der Waals surface area contributed by atoms with Crippen LogP contribution in [-0.2, 0) is 4.74 Å². The number of ether oxygens (including phenoxy) is 1. The van der Waals surface area contributed by atoms with Crippen LogP contribution in [0.25, 0.3) is 11.1 Å². The second-order valence-electron chi connectivity index (χ2n) is 7.85. The molecule has 0 bridgehead atoms. The molecule has 3 aromatic rings. The van der Waals surface area contributed by atoms with Crippen molar-refractivity contribution in [3.05, 3.63) is 93.3 Å². The normalized spacial score (nSPS) is 14.1. The van der Waals surface area contributed by atoms with Gasteiger partial charge in [-0.3, -0.25) is 10.1 Å². The Labute approximate surface area is 193 Å². The van der Waals surface area contributed by atoms with E-state index in [2.05, 4.69) is 5.32 Å². The summed E-state index contributed by atoms with van der Waals surface area (Å²) in [5.41, 5.74) is 2.92. The highest BCUT2D eigenvalue weighted by Crippen LogP contribution is 2.44. The largest absolute Gasteiger partial charge is 0.500 e. The Bertz CT molecular complexity index is 1200. The van der Waals surface area contributed by atoms with E-state index in [9.17, 15) is 34.6 Å². The van der Waals surface area contributed by atoms with Crippen molar-refractivity contribution in [3.8, 4) is 16.9 Å². The number of benzene rings is 3. The number of nitro benzene ring substituents is 1. The van der Waals surface area contributed by atoms with Crippen molar-refractivity contribution in [1.29, 1.82) is 0 Å². The molecule has 176 valence electrons. The van der Waals surface area contributed by atoms with Crippen molar-refractivity contribution >= 4 is 11.8 Å². The fraction of sp³-hybridized carbons (Fsp3) is 0.208. The quantitative estimate of drug-likeness (QED) is 0.308. The van der Waals surface area contributed by atoms with Crippen molar-refractivity contribution in [2.45, 2.75) is 18.1 Å². The molecule has 10 heteroatoms. The monoisotopic (exact) mass is 468 g/mol. The number of halogens is 1. The maximum absolute atomic E-state index is 13.8. The van der Waals surface area contributed by atoms with Crippen LogP contribution < -0.4 is 5.32 Å². The van der Waals surface area contributed by atoms with Gasteiger partial charge in [0.15, 0.2) is 5.82 Å². The average molecular weight is 468 g/mol. The predicted molar refractivity (Wildman–Crippen MR) is 119 cm³/mol. The number of nitrogens with one attached hydrogen (secondary N) is 1. The molecule has 1 aliphatic rings. The third-order valence-corrected chi connectivity index (χ3v) is 5.77. The lowest BCUT2D eigenvalue weighted by Crippen LogP contribution is -2.36. The SMILES string of the molecule is O=C(NCC(O)C(O)c1cc(F)c(O)c([N+](=O)[O-])c1)OCC1c2ccccc2-c2ccccc21. The predicted octanol–water partition coefficient (Wildman–Crippen LogP) is 3.37. The third-order valence-electron chi connectivity index (χ3n) is 5.77. The fourth-order valence-corrected chi connectivity index (χ4v) is 4.09. The van der Waals surface area contributed by atoms with E-state index >= 15 is 0 Å². The summed E-state index contributed by atoms with van der Waals surface area (Å²) in [6.45, 7) is -0.415. The number of aliphatic hydroxyl groups is 2. The first-order chi connectivity index (χ1) is 16.3. The van der Waals surface area contributed by atoms with E-state index in [0.717, 1.165) is 28.3 Å². The van der Waals surface area contributed by atoms with Crippen molar-refractivity contribution in [2.24, 2.45) is 0 Å². The zero-order valence-electron chi connectivity index (χ0n) is 17.7. The molecule has 4 N–H and O–H groups in total. The molecule has 9 nitrogen and oxygen atoms in total. The summed E-state index contributed by atoms with van der Waals surface area (Å²) in [4.78, 5) is 22.1. The van der Waals surface area contributed by atoms with Crippen LogP contribution in [0.2, 0.25) is 0 Å². The highest BCUT2D eigenvalue weighted by molar-refractivity contribution is 5.79. The zero-order valence-corrected chi connectivity index (χ0v) is 17.7. The highest BCUT2D eigenvalue weighted by Gasteiger charge is 2.30. The molecular formula is C24H21FN2O7. The Morgan fingerprint density at radius 2 is 1.68 bits per heavy atom. The topological polar surface area (TPSA) is 142 Å². The van der Waals surface area contributed by atoms with Gasteiger partial charge in [0.05, 0.1) is 4.92 Å². The van der Waals surface area contributed by atoms with Gasteiger partial charge in [-0.15, -0.1) is 0 Å². The van der Waals surface area contributed by atoms with Crippen LogP contribution in [0.4, 0.5) is 14.9 Å². The van der Waals surface area contributed by atoms with Crippen LogP contribution in [0.1, 0.15) is 28.7 Å². The minimum absolute atomic E-state index is 0.0495. The molecule has 34 heavy (non-hydrogen) atoms. The number of aromatic hydroxyl groups is 1. The first-order valence-electron chi connectivity index (χ1n) is 10.4. The highest BCUT2D eigenvalue weighted by atomic mass is 19.1. The number of hydrogen-bond acceptors (Lipinski definition) is 7. The van der Waals surface area contributed by atoms with E-state index in [1.165, 1.54) is 0 Å². The van der Waals surface area contributed by atoms with Crippen LogP contribution in [0.5, 0.6) is 5.75 Å². The molecular weight excluding hydrogens is 447 g/mol. The van der Waals surface area contributed by atoms with Crippen LogP contribution in [0.15, 0.2) is 60.7 Å². The molecule has 0 saturated carbocycles. The summed E-state index contributed by atoms with van der Waals surface area (Å²) in [7, 11) is 0. The Morgan fingerprint density at radius 1 is 1.09 bits per heavy atom. The van der Waals surface area contributed by atoms with Gasteiger partial charge in [0.2, 0.25) is 5.75 Å². The number of nitro groups is 1. The van der Waals surface area contributed by atoms with Gasteiger partial charge in [0.25, 0.3) is 0 Å². The maximum Gasteiger partial charge on any atom is 0.407 e. The fourth-order valence-electron chi connectivity index (χ4n) is 4.09. The van der Waals surface area contributed by atoms with E-state index in [0.29, 0.717) is 6.07 Å². The Morgan fingerprint density at radius 3 is 2.26 bits per heavy atom. The second kappa shape index (κ2) is 9.46. The van der Waals surface area contributed by atoms with Crippen LogP contribution >= 0.6 is 0 Å². The van der Waals surface area contributed by atoms with E-state index in [4.69, 9.17) is 4.74 Å². The number of hydrogen-bond donors (Lipinski definition) is 4. The van der Waals surface area contributed by atoms with Gasteiger partial charge in [-0.25, -0.2) is 9.18 Å². The molecule has 0 saturated heterocycles. The number of nitrogens with zero attached hydrogens (tertiary/aromatic N) is 1. The van der Waals surface area contributed by atoms with Gasteiger partial charge in [0, 0.05) is 18.5 Å². The molecule has 2 atom stereocenters. The number of phenols is 1. The molecule has 1 aliphatic carbocycles. The summed E-state index contributed by atoms with van der Waals surface area (Å²) in [6.07, 6.45) is -4.22. The lowest BCUT2D eigenvalue weighted by Gasteiger charge is -2.19. The molecule has 3 aromatic carbocycles. The number of carbonyl (C=O) groups excluding carboxylic acids is 1. The van der Waals surface area contributed by atoms with Crippen molar-refractivity contribution in [2.75, 3.05) is 13.2 Å². The number of fused-ring (bicyclic) bond motifs is 3. The zero-order chi connectivity index (χ0) is 24.4. The number of alkyl carbamates (subject to hydrolysis) is 1. The van der Waals surface area contributed by atoms with Gasteiger partial charge in [0.1, 0.15) is 18.8 Å². The van der Waals surface area contributed by atoms with E-state index in [-0.39, 0.29) is 18.1 Å². The Hall–Kier alpha value is -4.02. The summed E-state index contributed by atoms with van der Waals surface area (Å²) in [5, 5.41) is 43.1. The van der Waals surface area contributed by atoms with Gasteiger partial charge in [-0.2, -0.15) is 0 Å². The van der Waals surface area contributed by atoms with Crippen molar-refractivity contribution < 1.29 is 34.2 Å². The lowest BCUT2D eigenvalue weighted by molar-refractivity contribution is -0.386. The first kappa shape index (κ1) is 23.1. The maximum atomic E-state index is 13.8. The number of aliphatic hydroxyl groups excluding tert-OH is 2. The van der Waals surface area contributed by atoms with Gasteiger partial charge < -0.3 is 25.4 Å². The molecule has 4 rings (SSSR count). The number of phenolic OH excluding ortho intramolecular Hbond substituents is 1. The van der Waals surface area contributed by atoms with Gasteiger partial charge in [-0.1, -0.05) is 48.5 Å². The molecule has 1 amide bonds. The molecule has 0 fully saturated rings. The molecule has 2 unspecified atom stereocenters. The third kappa shape index (κ3) is 4.41. The van der Waals surface area contributed by atoms with E-state index in [1.807, 2.05) is 48.5 Å². The first-order valence-corrected chi connectivity index (χ1v) is 10.4. The summed E-state index contributed by atoms with van der Waals surface area (Å²) in [5.74, 6) is -2.65. The van der Waals surface area contributed by atoms with Crippen LogP contribution in [-0.4, -0.2) is 45.6 Å². The van der Waals surface area contributed by atoms with Gasteiger partial charge in [-0.05, 0) is 33.9 Å². The van der Waals surface area contributed by atoms with E-state index in [1.54, 1.807) is 0 Å². The second-order valence-corrected chi connectivity index (χ2v) is 7.85. The lowest BCUT2D eigenvalue weighted by atomic mass is 9.98. The smallest absolute Gasteiger partial charge is 0.407 e. The molecule has 0 radical (unpaired) electrons. The van der Waals surface area contributed by atoms with Crippen molar-refractivity contribution in [1.82, 2.24) is 5.32 Å². The van der Waals surface area contributed by atoms with Crippen LogP contribution in [0.3, 0.4) is 0 Å². The molecule has 0 aromatic heterocycles. The molecule has 0 aliphatic heterocycles. The standard InChI is InChI=1S/C24H21FN2O7/c25-19-9-13(10-20(23(19)30)27(32)33)22(29)21(28)11-26-24(31)34-12-18-16-7-3-1-5-14(16)15-6-2-4-8-17(15)18/h1-10,18,21-22,28-30H,11-12H2,(H,26,31). The minimum Gasteiger partial charge on any atom is -0.500 e. The average Bonchev–Trinajstić information content (AvgIpc) is 3.15. The summed E-state index contributed by atoms with van der Waals surface area (Å²) in [6, 6.07) is 17.1. The summed E-state index contributed by atoms with van der Waals surface area (Å²) < 4.78 is 19.1. The summed E-state index contributed by atoms with van der Waals surface area (Å²) >= 11 is 0. The minimum atomic E-state index is -1.76. The molecule has 0 spiro atoms. The molecule has 0 heterocycles. The Balaban J connectivity index is 1.36. The number of rotatable bonds is 7. The van der Waals surface area contributed by atoms with E-state index < -0.39 is 47.0 Å². The van der Waals surface area contributed by atoms with Gasteiger partial charge >= 0.3 is 11.8 Å². The number of carbonyl (C=O) groups is 1. The Kier molecular flexibility index (Phi) is 6.44. The van der Waals surface area contributed by atoms with Crippen molar-refractivity contribution in [3.63, 3.8) is 0 Å².